The number of hydrogen-bond donors (Lipinski definition) is 5. The van der Waals surface area contributed by atoms with Crippen molar-refractivity contribution in [2.24, 2.45) is 5.92 Å². The molecule has 13 heteroatoms. The number of aliphatic carboxylic acids is 2. The number of carbonyl (C=O) groups excluding carboxylic acids is 1. The van der Waals surface area contributed by atoms with E-state index < -0.39 is 17.5 Å². The Morgan fingerprint density at radius 2 is 1.80 bits per heavy atom. The van der Waals surface area contributed by atoms with Crippen molar-refractivity contribution in [2.75, 3.05) is 52.2 Å². The van der Waals surface area contributed by atoms with Gasteiger partial charge < -0.3 is 46.2 Å². The summed E-state index contributed by atoms with van der Waals surface area (Å²) in [5, 5.41) is 29.7. The molecular weight excluding hydrogens is 486 g/mol. The Balaban J connectivity index is 0.000000590. The molecule has 35 heavy (non-hydrogen) atoms. The number of rotatable bonds is 9. The van der Waals surface area contributed by atoms with Crippen LogP contribution in [-0.2, 0) is 14.3 Å². The summed E-state index contributed by atoms with van der Waals surface area (Å²) < 4.78 is 10.6. The second kappa shape index (κ2) is 13.9. The highest BCUT2D eigenvalue weighted by molar-refractivity contribution is 6.33. The van der Waals surface area contributed by atoms with Gasteiger partial charge in [0, 0.05) is 38.4 Å². The van der Waals surface area contributed by atoms with Crippen molar-refractivity contribution in [3.8, 4) is 5.75 Å². The molecule has 1 aromatic carbocycles. The Labute approximate surface area is 207 Å². The molecule has 0 spiro atoms. The number of benzene rings is 1. The largest absolute Gasteiger partial charge is 0.490 e. The van der Waals surface area contributed by atoms with Gasteiger partial charge in [-0.2, -0.15) is 0 Å². The molecule has 3 fully saturated rings. The van der Waals surface area contributed by atoms with Gasteiger partial charge in [-0.1, -0.05) is 11.6 Å². The molecule has 3 saturated heterocycles. The summed E-state index contributed by atoms with van der Waals surface area (Å²) in [5.74, 6) is -2.29. The SMILES string of the molecule is COCCOc1cc(N)c(Cl)cc1C(=O)NCC1(O)CN2CCC1CC2.O.O=C(O)C=CC(=O)O. The smallest absolute Gasteiger partial charge is 0.328 e. The van der Waals surface area contributed by atoms with Gasteiger partial charge in [-0.05, 0) is 37.9 Å². The van der Waals surface area contributed by atoms with Gasteiger partial charge in [-0.15, -0.1) is 0 Å². The summed E-state index contributed by atoms with van der Waals surface area (Å²) in [6.45, 7) is 3.52. The number of nitrogen functional groups attached to an aromatic ring is 1. The summed E-state index contributed by atoms with van der Waals surface area (Å²) in [7, 11) is 1.57. The minimum atomic E-state index is -1.26. The van der Waals surface area contributed by atoms with Gasteiger partial charge in [0.2, 0.25) is 0 Å². The molecule has 1 unspecified atom stereocenters. The minimum Gasteiger partial charge on any atom is -0.490 e. The van der Waals surface area contributed by atoms with Crippen LogP contribution >= 0.6 is 11.6 Å². The lowest BCUT2D eigenvalue weighted by atomic mass is 9.75. The zero-order chi connectivity index (χ0) is 25.3. The first-order chi connectivity index (χ1) is 16.1. The van der Waals surface area contributed by atoms with Crippen molar-refractivity contribution in [3.63, 3.8) is 0 Å². The third-order valence-electron chi connectivity index (χ3n) is 5.66. The van der Waals surface area contributed by atoms with Gasteiger partial charge >= 0.3 is 11.9 Å². The fourth-order valence-corrected chi connectivity index (χ4v) is 4.08. The monoisotopic (exact) mass is 517 g/mol. The average Bonchev–Trinajstić information content (AvgIpc) is 2.79. The predicted molar refractivity (Wildman–Crippen MR) is 128 cm³/mol. The summed E-state index contributed by atoms with van der Waals surface area (Å²) >= 11 is 6.08. The molecule has 2 bridgehead atoms. The van der Waals surface area contributed by atoms with Crippen LogP contribution < -0.4 is 15.8 Å². The van der Waals surface area contributed by atoms with Crippen LogP contribution in [0.4, 0.5) is 5.69 Å². The first-order valence-electron chi connectivity index (χ1n) is 10.6. The molecule has 0 aliphatic carbocycles. The highest BCUT2D eigenvalue weighted by atomic mass is 35.5. The van der Waals surface area contributed by atoms with E-state index in [1.807, 2.05) is 0 Å². The van der Waals surface area contributed by atoms with Gasteiger partial charge in [-0.3, -0.25) is 4.79 Å². The van der Waals surface area contributed by atoms with E-state index in [1.54, 1.807) is 7.11 Å². The van der Waals surface area contributed by atoms with E-state index in [0.29, 0.717) is 48.9 Å². The molecule has 8 N–H and O–H groups in total. The van der Waals surface area contributed by atoms with E-state index in [2.05, 4.69) is 10.2 Å². The highest BCUT2D eigenvalue weighted by Gasteiger charge is 2.45. The normalized spacial score (nSPS) is 22.5. The van der Waals surface area contributed by atoms with Crippen molar-refractivity contribution in [3.05, 3.63) is 34.9 Å². The molecule has 1 aromatic rings. The maximum Gasteiger partial charge on any atom is 0.328 e. The van der Waals surface area contributed by atoms with E-state index in [9.17, 15) is 19.5 Å². The number of carbonyl (C=O) groups is 3. The number of nitrogens with two attached hydrogens (primary N) is 1. The molecule has 0 aromatic heterocycles. The Kier molecular flexibility index (Phi) is 11.9. The van der Waals surface area contributed by atoms with Crippen LogP contribution in [0.2, 0.25) is 5.02 Å². The van der Waals surface area contributed by atoms with E-state index in [4.69, 9.17) is 37.0 Å². The second-order valence-electron chi connectivity index (χ2n) is 8.06. The number of methoxy groups -OCH3 is 1. The number of nitrogens with zero attached hydrogens (tertiary/aromatic N) is 1. The summed E-state index contributed by atoms with van der Waals surface area (Å²) in [4.78, 5) is 34.1. The number of halogens is 1. The number of piperidine rings is 3. The number of carboxylic acid groups (broad SMARTS) is 2. The maximum atomic E-state index is 12.7. The second-order valence-corrected chi connectivity index (χ2v) is 8.46. The van der Waals surface area contributed by atoms with Gasteiger partial charge in [-0.25, -0.2) is 9.59 Å². The first-order valence-corrected chi connectivity index (χ1v) is 11.0. The van der Waals surface area contributed by atoms with Crippen LogP contribution in [0.3, 0.4) is 0 Å². The number of anilines is 1. The Morgan fingerprint density at radius 1 is 1.20 bits per heavy atom. The minimum absolute atomic E-state index is 0. The fourth-order valence-electron chi connectivity index (χ4n) is 3.92. The molecule has 3 aliphatic rings. The molecular formula is C22H32ClN3O9. The van der Waals surface area contributed by atoms with E-state index in [1.165, 1.54) is 12.1 Å². The summed E-state index contributed by atoms with van der Waals surface area (Å²) in [6, 6.07) is 3.03. The third-order valence-corrected chi connectivity index (χ3v) is 5.98. The quantitative estimate of drug-likeness (QED) is 0.169. The topological polar surface area (TPSA) is 203 Å². The number of amides is 1. The molecule has 1 amide bonds. The maximum absolute atomic E-state index is 12.7. The molecule has 196 valence electrons. The Morgan fingerprint density at radius 3 is 2.29 bits per heavy atom. The average molecular weight is 518 g/mol. The standard InChI is InChI=1S/C18H26ClN3O4.C4H4O4.H2O/c1-25-6-7-26-16-9-15(20)14(19)8-13(16)17(23)21-10-18(24)11-22-4-2-12(18)3-5-22;5-3(6)1-2-4(7)8;/h8-9,12,24H,2-7,10-11,20H2,1H3,(H,21,23);1-2H,(H,5,6)(H,7,8);1H2. The zero-order valence-electron chi connectivity index (χ0n) is 19.3. The van der Waals surface area contributed by atoms with Gasteiger partial charge in [0.05, 0.1) is 28.5 Å². The molecule has 1 atom stereocenters. The van der Waals surface area contributed by atoms with Crippen LogP contribution in [0.1, 0.15) is 23.2 Å². The lowest BCUT2D eigenvalue weighted by Crippen LogP contribution is -2.63. The highest BCUT2D eigenvalue weighted by Crippen LogP contribution is 2.35. The molecule has 0 radical (unpaired) electrons. The predicted octanol–water partition coefficient (Wildman–Crippen LogP) is 0.0210. The fraction of sp³-hybridized carbons (Fsp3) is 0.500. The molecule has 3 aliphatic heterocycles. The summed E-state index contributed by atoms with van der Waals surface area (Å²) in [6.07, 6.45) is 3.04. The molecule has 0 saturated carbocycles. The number of hydrogen-bond acceptors (Lipinski definition) is 8. The zero-order valence-corrected chi connectivity index (χ0v) is 20.1. The van der Waals surface area contributed by atoms with Gasteiger partial charge in [0.25, 0.3) is 5.91 Å². The van der Waals surface area contributed by atoms with Crippen LogP contribution in [0, 0.1) is 5.92 Å². The number of fused-ring (bicyclic) bond motifs is 3. The Bertz CT molecular complexity index is 904. The van der Waals surface area contributed by atoms with Crippen LogP contribution in [-0.4, -0.2) is 95.6 Å². The van der Waals surface area contributed by atoms with Gasteiger partial charge in [0.1, 0.15) is 12.4 Å². The van der Waals surface area contributed by atoms with E-state index >= 15 is 0 Å². The van der Waals surface area contributed by atoms with E-state index in [0.717, 1.165) is 25.9 Å². The van der Waals surface area contributed by atoms with Crippen LogP contribution in [0.25, 0.3) is 0 Å². The van der Waals surface area contributed by atoms with Crippen molar-refractivity contribution >= 4 is 35.1 Å². The third kappa shape index (κ3) is 9.00. The lowest BCUT2D eigenvalue weighted by Gasteiger charge is -2.50. The van der Waals surface area contributed by atoms with Crippen molar-refractivity contribution < 1.29 is 44.7 Å². The molecule has 3 heterocycles. The first kappa shape index (κ1) is 30.1. The number of carboxylic acids is 2. The Hall–Kier alpha value is -2.90. The van der Waals surface area contributed by atoms with Crippen molar-refractivity contribution in [1.29, 1.82) is 0 Å². The number of ether oxygens (including phenoxy) is 2. The van der Waals surface area contributed by atoms with Crippen molar-refractivity contribution in [2.45, 2.75) is 18.4 Å². The van der Waals surface area contributed by atoms with Gasteiger partial charge in [0.15, 0.2) is 0 Å². The number of nitrogens with one attached hydrogen (secondary N) is 1. The van der Waals surface area contributed by atoms with Crippen molar-refractivity contribution in [1.82, 2.24) is 10.2 Å². The van der Waals surface area contributed by atoms with Crippen LogP contribution in [0.15, 0.2) is 24.3 Å². The number of aliphatic hydroxyl groups is 1. The van der Waals surface area contributed by atoms with E-state index in [-0.39, 0.29) is 28.9 Å². The van der Waals surface area contributed by atoms with Crippen LogP contribution in [0.5, 0.6) is 5.75 Å². The lowest BCUT2D eigenvalue weighted by molar-refractivity contribution is -0.134. The molecule has 4 rings (SSSR count). The summed E-state index contributed by atoms with van der Waals surface area (Å²) in [5.41, 5.74) is 5.57. The molecule has 12 nitrogen and oxygen atoms in total.